The Morgan fingerprint density at radius 1 is 1.21 bits per heavy atom. The standard InChI is InChI=1S/C22H26ClN3O3/c1-26(13-17-11-18(23)6-9-20(17)29-2)14-21(27)24-12-15-4-3-5-16(10-15)22(28)25-19-7-8-19/h3-6,9-11,19H,7-8,12-14H2,1-2H3,(H,24,27)(H,25,28). The maximum Gasteiger partial charge on any atom is 0.251 e. The predicted octanol–water partition coefficient (Wildman–Crippen LogP) is 2.99. The number of nitrogens with zero attached hydrogens (tertiary/aromatic N) is 1. The summed E-state index contributed by atoms with van der Waals surface area (Å²) in [5, 5.41) is 6.51. The molecule has 0 aromatic heterocycles. The van der Waals surface area contributed by atoms with Crippen LogP contribution < -0.4 is 15.4 Å². The van der Waals surface area contributed by atoms with Gasteiger partial charge in [0, 0.05) is 35.3 Å². The van der Waals surface area contributed by atoms with Crippen LogP contribution in [0.3, 0.4) is 0 Å². The maximum absolute atomic E-state index is 12.3. The highest BCUT2D eigenvalue weighted by Gasteiger charge is 2.23. The summed E-state index contributed by atoms with van der Waals surface area (Å²) in [6.07, 6.45) is 2.10. The van der Waals surface area contributed by atoms with Gasteiger partial charge in [-0.3, -0.25) is 14.5 Å². The number of rotatable bonds is 9. The van der Waals surface area contributed by atoms with E-state index >= 15 is 0 Å². The molecule has 2 N–H and O–H groups in total. The second kappa shape index (κ2) is 9.76. The first-order valence-corrected chi connectivity index (χ1v) is 10.00. The lowest BCUT2D eigenvalue weighted by Gasteiger charge is -2.18. The van der Waals surface area contributed by atoms with Crippen molar-refractivity contribution in [2.75, 3.05) is 20.7 Å². The molecule has 1 fully saturated rings. The molecule has 0 spiro atoms. The Labute approximate surface area is 176 Å². The molecule has 2 amide bonds. The van der Waals surface area contributed by atoms with Gasteiger partial charge < -0.3 is 15.4 Å². The smallest absolute Gasteiger partial charge is 0.251 e. The topological polar surface area (TPSA) is 70.7 Å². The van der Waals surface area contributed by atoms with Crippen LogP contribution >= 0.6 is 11.6 Å². The molecule has 7 heteroatoms. The highest BCUT2D eigenvalue weighted by Crippen LogP contribution is 2.23. The Balaban J connectivity index is 1.49. The maximum atomic E-state index is 12.3. The second-order valence-electron chi connectivity index (χ2n) is 7.35. The van der Waals surface area contributed by atoms with Gasteiger partial charge in [0.05, 0.1) is 13.7 Å². The van der Waals surface area contributed by atoms with Crippen LogP contribution in [0.2, 0.25) is 5.02 Å². The molecule has 6 nitrogen and oxygen atoms in total. The van der Waals surface area contributed by atoms with E-state index in [1.165, 1.54) is 0 Å². The third kappa shape index (κ3) is 6.48. The van der Waals surface area contributed by atoms with E-state index in [-0.39, 0.29) is 18.4 Å². The molecular formula is C22H26ClN3O3. The quantitative estimate of drug-likeness (QED) is 0.660. The number of halogens is 1. The number of nitrogens with one attached hydrogen (secondary N) is 2. The summed E-state index contributed by atoms with van der Waals surface area (Å²) in [7, 11) is 3.47. The van der Waals surface area contributed by atoms with Gasteiger partial charge in [0.15, 0.2) is 0 Å². The van der Waals surface area contributed by atoms with Gasteiger partial charge >= 0.3 is 0 Å². The van der Waals surface area contributed by atoms with Crippen molar-refractivity contribution < 1.29 is 14.3 Å². The minimum absolute atomic E-state index is 0.0594. The highest BCUT2D eigenvalue weighted by atomic mass is 35.5. The van der Waals surface area contributed by atoms with Crippen molar-refractivity contribution in [2.24, 2.45) is 0 Å². The average molecular weight is 416 g/mol. The van der Waals surface area contributed by atoms with E-state index in [2.05, 4.69) is 10.6 Å². The minimum atomic E-state index is -0.0960. The Morgan fingerprint density at radius 3 is 2.72 bits per heavy atom. The number of amides is 2. The van der Waals surface area contributed by atoms with Gasteiger partial charge in [-0.2, -0.15) is 0 Å². The Hall–Kier alpha value is -2.57. The number of hydrogen-bond donors (Lipinski definition) is 2. The van der Waals surface area contributed by atoms with Crippen molar-refractivity contribution in [3.63, 3.8) is 0 Å². The summed E-state index contributed by atoms with van der Waals surface area (Å²) >= 11 is 6.06. The molecule has 1 aliphatic rings. The van der Waals surface area contributed by atoms with Gasteiger partial charge in [-0.25, -0.2) is 0 Å². The normalized spacial score (nSPS) is 13.2. The molecule has 0 saturated heterocycles. The van der Waals surface area contributed by atoms with Crippen LogP contribution in [0.15, 0.2) is 42.5 Å². The van der Waals surface area contributed by atoms with E-state index < -0.39 is 0 Å². The summed E-state index contributed by atoms with van der Waals surface area (Å²) in [6, 6.07) is 13.1. The van der Waals surface area contributed by atoms with Crippen LogP contribution in [0.5, 0.6) is 5.75 Å². The van der Waals surface area contributed by atoms with E-state index in [4.69, 9.17) is 16.3 Å². The van der Waals surface area contributed by atoms with Crippen molar-refractivity contribution in [1.29, 1.82) is 0 Å². The van der Waals surface area contributed by atoms with E-state index in [0.717, 1.165) is 29.7 Å². The van der Waals surface area contributed by atoms with Crippen LogP contribution in [0.1, 0.15) is 34.3 Å². The molecule has 0 atom stereocenters. The fourth-order valence-corrected chi connectivity index (χ4v) is 3.23. The van der Waals surface area contributed by atoms with Crippen LogP contribution in [0, 0.1) is 0 Å². The zero-order valence-electron chi connectivity index (χ0n) is 16.7. The van der Waals surface area contributed by atoms with E-state index in [9.17, 15) is 9.59 Å². The lowest BCUT2D eigenvalue weighted by atomic mass is 10.1. The molecule has 0 unspecified atom stereocenters. The zero-order valence-corrected chi connectivity index (χ0v) is 17.5. The molecule has 29 heavy (non-hydrogen) atoms. The first-order valence-electron chi connectivity index (χ1n) is 9.62. The molecule has 1 saturated carbocycles. The summed E-state index contributed by atoms with van der Waals surface area (Å²) in [6.45, 7) is 1.14. The van der Waals surface area contributed by atoms with Crippen LogP contribution in [-0.4, -0.2) is 43.5 Å². The summed E-state index contributed by atoms with van der Waals surface area (Å²) in [5.74, 6) is 0.583. The van der Waals surface area contributed by atoms with Crippen LogP contribution in [-0.2, 0) is 17.9 Å². The number of ether oxygens (including phenoxy) is 1. The molecular weight excluding hydrogens is 390 g/mol. The number of hydrogen-bond acceptors (Lipinski definition) is 4. The first-order chi connectivity index (χ1) is 13.9. The summed E-state index contributed by atoms with van der Waals surface area (Å²) in [4.78, 5) is 26.4. The third-order valence-corrected chi connectivity index (χ3v) is 4.92. The Morgan fingerprint density at radius 2 is 2.00 bits per heavy atom. The van der Waals surface area contributed by atoms with Gasteiger partial charge in [-0.05, 0) is 55.8 Å². The molecule has 0 aliphatic heterocycles. The number of likely N-dealkylation sites (N-methyl/N-ethyl adjacent to an activating group) is 1. The molecule has 3 rings (SSSR count). The predicted molar refractivity (Wildman–Crippen MR) is 113 cm³/mol. The SMILES string of the molecule is COc1ccc(Cl)cc1CN(C)CC(=O)NCc1cccc(C(=O)NC2CC2)c1. The van der Waals surface area contributed by atoms with Gasteiger partial charge in [0.1, 0.15) is 5.75 Å². The average Bonchev–Trinajstić information content (AvgIpc) is 3.50. The monoisotopic (exact) mass is 415 g/mol. The number of carbonyl (C=O) groups excluding carboxylic acids is 2. The Bertz CT molecular complexity index is 883. The molecule has 0 radical (unpaired) electrons. The van der Waals surface area contributed by atoms with E-state index in [1.807, 2.05) is 42.3 Å². The lowest BCUT2D eigenvalue weighted by Crippen LogP contribution is -2.34. The highest BCUT2D eigenvalue weighted by molar-refractivity contribution is 6.30. The molecule has 0 heterocycles. The van der Waals surface area contributed by atoms with Crippen molar-refractivity contribution in [3.8, 4) is 5.75 Å². The molecule has 0 bridgehead atoms. The largest absolute Gasteiger partial charge is 0.496 e. The van der Waals surface area contributed by atoms with Crippen LogP contribution in [0.25, 0.3) is 0 Å². The van der Waals surface area contributed by atoms with Gasteiger partial charge in [0.25, 0.3) is 5.91 Å². The number of methoxy groups -OCH3 is 1. The molecule has 1 aliphatic carbocycles. The Kier molecular flexibility index (Phi) is 7.12. The molecule has 2 aromatic carbocycles. The fourth-order valence-electron chi connectivity index (χ4n) is 3.04. The van der Waals surface area contributed by atoms with Crippen molar-refractivity contribution >= 4 is 23.4 Å². The second-order valence-corrected chi connectivity index (χ2v) is 7.79. The molecule has 2 aromatic rings. The first kappa shape index (κ1) is 21.1. The summed E-state index contributed by atoms with van der Waals surface area (Å²) < 4.78 is 5.35. The van der Waals surface area contributed by atoms with Crippen LogP contribution in [0.4, 0.5) is 0 Å². The summed E-state index contributed by atoms with van der Waals surface area (Å²) in [5.41, 5.74) is 2.43. The minimum Gasteiger partial charge on any atom is -0.496 e. The number of carbonyl (C=O) groups is 2. The van der Waals surface area contributed by atoms with Crippen molar-refractivity contribution in [2.45, 2.75) is 32.0 Å². The van der Waals surface area contributed by atoms with E-state index in [0.29, 0.717) is 29.7 Å². The third-order valence-electron chi connectivity index (χ3n) is 4.69. The van der Waals surface area contributed by atoms with Gasteiger partial charge in [-0.15, -0.1) is 0 Å². The lowest BCUT2D eigenvalue weighted by molar-refractivity contribution is -0.122. The van der Waals surface area contributed by atoms with Crippen molar-refractivity contribution in [1.82, 2.24) is 15.5 Å². The van der Waals surface area contributed by atoms with Gasteiger partial charge in [0.2, 0.25) is 5.91 Å². The zero-order chi connectivity index (χ0) is 20.8. The van der Waals surface area contributed by atoms with E-state index in [1.54, 1.807) is 19.2 Å². The molecule has 154 valence electrons. The van der Waals surface area contributed by atoms with Gasteiger partial charge in [-0.1, -0.05) is 23.7 Å². The fraction of sp³-hybridized carbons (Fsp3) is 0.364. The number of benzene rings is 2. The van der Waals surface area contributed by atoms with Crippen molar-refractivity contribution in [3.05, 3.63) is 64.2 Å².